The monoisotopic (exact) mass is 332 g/mol. The van der Waals surface area contributed by atoms with E-state index in [-0.39, 0.29) is 13.2 Å². The van der Waals surface area contributed by atoms with E-state index in [2.05, 4.69) is 0 Å². The van der Waals surface area contributed by atoms with Crippen molar-refractivity contribution in [3.63, 3.8) is 0 Å². The Balaban J connectivity index is 2.35. The lowest BCUT2D eigenvalue weighted by molar-refractivity contribution is 0.0293. The molecule has 2 unspecified atom stereocenters. The van der Waals surface area contributed by atoms with Crippen molar-refractivity contribution >= 4 is 22.7 Å². The number of carbonyl (C=O) groups is 2. The van der Waals surface area contributed by atoms with Crippen LogP contribution in [0.4, 0.5) is 0 Å². The van der Waals surface area contributed by atoms with Gasteiger partial charge in [-0.15, -0.1) is 0 Å². The first-order valence-electron chi connectivity index (χ1n) is 7.62. The maximum Gasteiger partial charge on any atom is 0.338 e. The van der Waals surface area contributed by atoms with Gasteiger partial charge in [-0.25, -0.2) is 9.59 Å². The predicted molar refractivity (Wildman–Crippen MR) is 87.9 cm³/mol. The molecule has 0 aliphatic rings. The summed E-state index contributed by atoms with van der Waals surface area (Å²) in [7, 11) is 0. The van der Waals surface area contributed by atoms with Crippen molar-refractivity contribution in [2.75, 3.05) is 13.2 Å². The molecule has 2 atom stereocenters. The third-order valence-corrected chi connectivity index (χ3v) is 3.27. The van der Waals surface area contributed by atoms with Crippen LogP contribution in [0.2, 0.25) is 0 Å². The smallest absolute Gasteiger partial charge is 0.338 e. The van der Waals surface area contributed by atoms with Crippen LogP contribution >= 0.6 is 0 Å². The second kappa shape index (κ2) is 7.90. The Morgan fingerprint density at radius 3 is 1.54 bits per heavy atom. The minimum Gasteiger partial charge on any atom is -0.459 e. The average Bonchev–Trinajstić information content (AvgIpc) is 2.56. The summed E-state index contributed by atoms with van der Waals surface area (Å²) in [4.78, 5) is 24.4. The van der Waals surface area contributed by atoms with Crippen LogP contribution in [0.25, 0.3) is 10.8 Å². The molecule has 0 aromatic heterocycles. The molecule has 0 spiro atoms. The highest BCUT2D eigenvalue weighted by molar-refractivity contribution is 6.11. The molecule has 0 saturated heterocycles. The molecule has 2 aromatic rings. The summed E-state index contributed by atoms with van der Waals surface area (Å²) in [5.41, 5.74) is 0.608. The number of benzene rings is 2. The van der Waals surface area contributed by atoms with Crippen LogP contribution in [0.3, 0.4) is 0 Å². The average molecular weight is 332 g/mol. The van der Waals surface area contributed by atoms with Gasteiger partial charge in [-0.2, -0.15) is 0 Å². The van der Waals surface area contributed by atoms with E-state index in [0.717, 1.165) is 0 Å². The minimum absolute atomic E-state index is 0.106. The normalized spacial score (nSPS) is 13.3. The second-order valence-corrected chi connectivity index (χ2v) is 5.60. The third kappa shape index (κ3) is 4.31. The number of esters is 2. The Hall–Kier alpha value is -2.44. The zero-order chi connectivity index (χ0) is 17.7. The summed E-state index contributed by atoms with van der Waals surface area (Å²) in [6, 6.07) is 9.90. The van der Waals surface area contributed by atoms with Crippen molar-refractivity contribution in [2.24, 2.45) is 0 Å². The number of carbonyl (C=O) groups excluding carboxylic acids is 2. The lowest BCUT2D eigenvalue weighted by atomic mass is 10.00. The fourth-order valence-electron chi connectivity index (χ4n) is 2.21. The van der Waals surface area contributed by atoms with Crippen molar-refractivity contribution in [2.45, 2.75) is 26.1 Å². The molecule has 24 heavy (non-hydrogen) atoms. The lowest BCUT2D eigenvalue weighted by Crippen LogP contribution is -2.16. The van der Waals surface area contributed by atoms with Gasteiger partial charge in [0.1, 0.15) is 13.2 Å². The van der Waals surface area contributed by atoms with E-state index in [0.29, 0.717) is 21.9 Å². The van der Waals surface area contributed by atoms with Gasteiger partial charge in [-0.3, -0.25) is 0 Å². The first-order valence-corrected chi connectivity index (χ1v) is 7.62. The molecule has 6 nitrogen and oxygen atoms in total. The molecular weight excluding hydrogens is 312 g/mol. The minimum atomic E-state index is -0.755. The van der Waals surface area contributed by atoms with Crippen LogP contribution in [0, 0.1) is 0 Å². The van der Waals surface area contributed by atoms with Gasteiger partial charge >= 0.3 is 11.9 Å². The van der Waals surface area contributed by atoms with E-state index in [1.54, 1.807) is 36.4 Å². The van der Waals surface area contributed by atoms with Crippen LogP contribution in [0.15, 0.2) is 36.4 Å². The summed E-state index contributed by atoms with van der Waals surface area (Å²) in [6.45, 7) is 2.83. The van der Waals surface area contributed by atoms with Crippen LogP contribution < -0.4 is 0 Å². The van der Waals surface area contributed by atoms with E-state index in [1.165, 1.54) is 13.8 Å². The highest BCUT2D eigenvalue weighted by Crippen LogP contribution is 2.24. The number of fused-ring (bicyclic) bond motifs is 1. The van der Waals surface area contributed by atoms with Crippen molar-refractivity contribution < 1.29 is 29.3 Å². The van der Waals surface area contributed by atoms with E-state index in [1.807, 2.05) is 0 Å². The summed E-state index contributed by atoms with van der Waals surface area (Å²) in [5, 5.41) is 19.6. The third-order valence-electron chi connectivity index (χ3n) is 3.27. The SMILES string of the molecule is CC(O)COC(=O)c1cccc2c(C(=O)OCC(C)O)cccc12. The van der Waals surface area contributed by atoms with Gasteiger partial charge in [0, 0.05) is 0 Å². The zero-order valence-corrected chi connectivity index (χ0v) is 13.6. The number of rotatable bonds is 6. The first-order chi connectivity index (χ1) is 11.4. The van der Waals surface area contributed by atoms with E-state index in [4.69, 9.17) is 9.47 Å². The van der Waals surface area contributed by atoms with Gasteiger partial charge in [0.05, 0.1) is 23.3 Å². The molecule has 2 N–H and O–H groups in total. The van der Waals surface area contributed by atoms with Gasteiger partial charge < -0.3 is 19.7 Å². The fourth-order valence-corrected chi connectivity index (χ4v) is 2.21. The molecule has 0 radical (unpaired) electrons. The molecule has 0 aliphatic carbocycles. The highest BCUT2D eigenvalue weighted by Gasteiger charge is 2.17. The van der Waals surface area contributed by atoms with Gasteiger partial charge in [0.2, 0.25) is 0 Å². The van der Waals surface area contributed by atoms with E-state index < -0.39 is 24.1 Å². The molecule has 0 aliphatic heterocycles. The Labute approximate surface area is 139 Å². The van der Waals surface area contributed by atoms with Crippen LogP contribution in [0.5, 0.6) is 0 Å². The number of hydrogen-bond acceptors (Lipinski definition) is 6. The fraction of sp³-hybridized carbons (Fsp3) is 0.333. The van der Waals surface area contributed by atoms with Gasteiger partial charge in [-0.1, -0.05) is 24.3 Å². The number of ether oxygens (including phenoxy) is 2. The number of aliphatic hydroxyl groups is 2. The Bertz CT molecular complexity index is 672. The largest absolute Gasteiger partial charge is 0.459 e. The lowest BCUT2D eigenvalue weighted by Gasteiger charge is -2.12. The molecule has 0 bridgehead atoms. The van der Waals surface area contributed by atoms with Crippen molar-refractivity contribution in [1.29, 1.82) is 0 Å². The van der Waals surface area contributed by atoms with E-state index >= 15 is 0 Å². The quantitative estimate of drug-likeness (QED) is 0.785. The summed E-state index contributed by atoms with van der Waals surface area (Å²) >= 11 is 0. The van der Waals surface area contributed by atoms with Crippen molar-refractivity contribution in [1.82, 2.24) is 0 Å². The summed E-state index contributed by atoms with van der Waals surface area (Å²) in [5.74, 6) is -1.15. The molecule has 0 saturated carbocycles. The molecular formula is C18H20O6. The molecule has 0 amide bonds. The number of hydrogen-bond donors (Lipinski definition) is 2. The van der Waals surface area contributed by atoms with E-state index in [9.17, 15) is 19.8 Å². The maximum absolute atomic E-state index is 12.2. The van der Waals surface area contributed by atoms with Crippen LogP contribution in [-0.2, 0) is 9.47 Å². The molecule has 0 fully saturated rings. The Kier molecular flexibility index (Phi) is 5.89. The molecule has 2 rings (SSSR count). The molecule has 2 aromatic carbocycles. The summed E-state index contributed by atoms with van der Waals surface area (Å²) < 4.78 is 10.1. The van der Waals surface area contributed by atoms with Crippen LogP contribution in [-0.4, -0.2) is 47.6 Å². The van der Waals surface area contributed by atoms with Crippen molar-refractivity contribution in [3.8, 4) is 0 Å². The second-order valence-electron chi connectivity index (χ2n) is 5.60. The van der Waals surface area contributed by atoms with Crippen LogP contribution in [0.1, 0.15) is 34.6 Å². The predicted octanol–water partition coefficient (Wildman–Crippen LogP) is 1.92. The Morgan fingerprint density at radius 2 is 1.21 bits per heavy atom. The van der Waals surface area contributed by atoms with Gasteiger partial charge in [-0.05, 0) is 36.8 Å². The molecule has 128 valence electrons. The summed E-state index contributed by atoms with van der Waals surface area (Å²) in [6.07, 6.45) is -1.51. The number of aliphatic hydroxyl groups excluding tert-OH is 2. The standard InChI is InChI=1S/C18H20O6/c1-11(19)9-23-17(21)15-7-3-6-14-13(15)5-4-8-16(14)18(22)24-10-12(2)20/h3-8,11-12,19-20H,9-10H2,1-2H3. The molecule has 6 heteroatoms. The maximum atomic E-state index is 12.2. The van der Waals surface area contributed by atoms with Gasteiger partial charge in [0.15, 0.2) is 0 Å². The Morgan fingerprint density at radius 1 is 0.833 bits per heavy atom. The van der Waals surface area contributed by atoms with Crippen molar-refractivity contribution in [3.05, 3.63) is 47.5 Å². The zero-order valence-electron chi connectivity index (χ0n) is 13.6. The van der Waals surface area contributed by atoms with Gasteiger partial charge in [0.25, 0.3) is 0 Å². The first kappa shape index (κ1) is 17.9. The highest BCUT2D eigenvalue weighted by atomic mass is 16.5. The topological polar surface area (TPSA) is 93.1 Å². The molecule has 0 heterocycles.